The summed E-state index contributed by atoms with van der Waals surface area (Å²) in [4.78, 5) is 0. The molecular formula is HFeLiO2Ti. The molecule has 0 unspecified atom stereocenters. The Balaban J connectivity index is -0.00000000500. The van der Waals surface area contributed by atoms with Gasteiger partial charge in [-0.15, -0.1) is 0 Å². The number of hydrogen-bond acceptors (Lipinski definition) is 2. The van der Waals surface area contributed by atoms with Crippen molar-refractivity contribution in [2.24, 2.45) is 0 Å². The van der Waals surface area contributed by atoms with E-state index in [0.29, 0.717) is 0 Å². The van der Waals surface area contributed by atoms with E-state index in [1.807, 2.05) is 15.9 Å². The van der Waals surface area contributed by atoms with Crippen molar-refractivity contribution in [1.82, 2.24) is 0 Å². The van der Waals surface area contributed by atoms with Crippen LogP contribution in [-0.4, -0.2) is 0 Å². The molecule has 0 amide bonds. The van der Waals surface area contributed by atoms with Crippen LogP contribution < -0.4 is 18.9 Å². The van der Waals surface area contributed by atoms with Gasteiger partial charge in [-0.25, -0.2) is 0 Å². The van der Waals surface area contributed by atoms with Crippen LogP contribution in [0.2, 0.25) is 0 Å². The number of hydrogen-bond donors (Lipinski definition) is 0. The normalized spacial score (nSPS) is 1.60. The third-order valence-electron chi connectivity index (χ3n) is 0. The predicted molar refractivity (Wildman–Crippen MR) is 2.49 cm³/mol. The molecule has 0 fully saturated rings. The van der Waals surface area contributed by atoms with Crippen molar-refractivity contribution >= 4 is 0 Å². The average Bonchev–Trinajstić information content (AvgIpc) is 1.50. The molecule has 0 saturated heterocycles. The van der Waals surface area contributed by atoms with Gasteiger partial charge in [0.25, 0.3) is 0 Å². The van der Waals surface area contributed by atoms with Crippen molar-refractivity contribution in [2.45, 2.75) is 0 Å². The van der Waals surface area contributed by atoms with E-state index < -0.39 is 0 Å². The first-order valence-corrected chi connectivity index (χ1v) is 1.44. The van der Waals surface area contributed by atoms with Gasteiger partial charge >= 0.3 is 62.4 Å². The van der Waals surface area contributed by atoms with Crippen LogP contribution in [0.5, 0.6) is 0 Å². The molecule has 5 heavy (non-hydrogen) atoms. The molecule has 2 nitrogen and oxygen atoms in total. The Hall–Kier alpha value is 1.43. The zero-order valence-electron chi connectivity index (χ0n) is 3.67. The fourth-order valence-corrected chi connectivity index (χ4v) is 0. The first-order valence-electron chi connectivity index (χ1n) is 0.348. The van der Waals surface area contributed by atoms with Gasteiger partial charge in [-0.3, -0.25) is 0 Å². The van der Waals surface area contributed by atoms with Crippen LogP contribution in [0.25, 0.3) is 0 Å². The standard InChI is InChI=1S/Fe.Li.2O.Ti.H/q;+1;;;;-1. The molecule has 0 atom stereocenters. The van der Waals surface area contributed by atoms with E-state index in [4.69, 9.17) is 7.16 Å². The predicted octanol–water partition coefficient (Wildman–Crippen LogP) is -3.13. The quantitative estimate of drug-likeness (QED) is 0.336. The van der Waals surface area contributed by atoms with Gasteiger partial charge in [0.05, 0.1) is 0 Å². The van der Waals surface area contributed by atoms with Gasteiger partial charge in [-0.05, 0) is 0 Å². The van der Waals surface area contributed by atoms with Gasteiger partial charge in [-0.2, -0.15) is 0 Å². The molecule has 0 aromatic rings. The van der Waals surface area contributed by atoms with Crippen LogP contribution >= 0.6 is 0 Å². The van der Waals surface area contributed by atoms with Gasteiger partial charge in [0.1, 0.15) is 0 Å². The van der Waals surface area contributed by atoms with E-state index in [0.717, 1.165) is 20.4 Å². The molecule has 0 saturated carbocycles. The maximum atomic E-state index is 8.25. The summed E-state index contributed by atoms with van der Waals surface area (Å²) in [7, 11) is 0. The minimum absolute atomic E-state index is 0. The van der Waals surface area contributed by atoms with Crippen LogP contribution in [0.3, 0.4) is 0 Å². The molecule has 0 radical (unpaired) electrons. The van der Waals surface area contributed by atoms with E-state index in [1.165, 1.54) is 0 Å². The van der Waals surface area contributed by atoms with Crippen molar-refractivity contribution in [3.8, 4) is 0 Å². The molecule has 0 aliphatic heterocycles. The summed E-state index contributed by atoms with van der Waals surface area (Å²) in [6, 6.07) is 0. The molecule has 0 N–H and O–H groups in total. The summed E-state index contributed by atoms with van der Waals surface area (Å²) in [6.45, 7) is 0. The minimum atomic E-state index is 0. The van der Waals surface area contributed by atoms with E-state index in [1.54, 1.807) is 0 Å². The SMILES string of the molecule is [H-].[Li+].[O]=[Fe].[O]=[Ti]. The Morgan fingerprint density at radius 2 is 1.40 bits per heavy atom. The second-order valence-electron chi connectivity index (χ2n) is 0. The summed E-state index contributed by atoms with van der Waals surface area (Å²) >= 11 is 2.75. The summed E-state index contributed by atoms with van der Waals surface area (Å²) in [5.41, 5.74) is 0. The average molecular weight is 144 g/mol. The molecule has 5 heteroatoms. The van der Waals surface area contributed by atoms with E-state index in [2.05, 4.69) is 0 Å². The van der Waals surface area contributed by atoms with Crippen LogP contribution in [0.15, 0.2) is 0 Å². The summed E-state index contributed by atoms with van der Waals surface area (Å²) in [6.07, 6.45) is 0. The van der Waals surface area contributed by atoms with Gasteiger partial charge in [-0.1, -0.05) is 0 Å². The van der Waals surface area contributed by atoms with Crippen molar-refractivity contribution < 1.29 is 63.8 Å². The second-order valence-corrected chi connectivity index (χ2v) is 0. The van der Waals surface area contributed by atoms with E-state index in [9.17, 15) is 0 Å². The van der Waals surface area contributed by atoms with Crippen molar-refractivity contribution in [3.63, 3.8) is 0 Å². The third-order valence-corrected chi connectivity index (χ3v) is 0. The summed E-state index contributed by atoms with van der Waals surface area (Å²) in [5.74, 6) is 0. The summed E-state index contributed by atoms with van der Waals surface area (Å²) < 4.78 is 16.2. The first kappa shape index (κ1) is 16.1. The Labute approximate surface area is 63.5 Å². The topological polar surface area (TPSA) is 34.1 Å². The van der Waals surface area contributed by atoms with Gasteiger partial charge < -0.3 is 1.43 Å². The van der Waals surface area contributed by atoms with Crippen LogP contribution in [-0.2, 0) is 43.5 Å². The van der Waals surface area contributed by atoms with E-state index in [-0.39, 0.29) is 20.3 Å². The molecular weight excluding hydrogens is 143 g/mol. The summed E-state index contributed by atoms with van der Waals surface area (Å²) in [5, 5.41) is 0. The zero-order chi connectivity index (χ0) is 4.00. The van der Waals surface area contributed by atoms with Crippen LogP contribution in [0, 0.1) is 0 Å². The fraction of sp³-hybridized carbons (Fsp3) is 0. The molecule has 26 valence electrons. The number of rotatable bonds is 0. The van der Waals surface area contributed by atoms with Crippen molar-refractivity contribution in [3.05, 3.63) is 0 Å². The third kappa shape index (κ3) is 31.2. The molecule has 0 aromatic heterocycles. The van der Waals surface area contributed by atoms with E-state index >= 15 is 0 Å². The monoisotopic (exact) mass is 144 g/mol. The maximum absolute atomic E-state index is 8.25. The Morgan fingerprint density at radius 3 is 1.40 bits per heavy atom. The zero-order valence-corrected chi connectivity index (χ0v) is 5.34. The Morgan fingerprint density at radius 1 is 1.40 bits per heavy atom. The second kappa shape index (κ2) is 52.1. The molecule has 0 spiro atoms. The fourth-order valence-electron chi connectivity index (χ4n) is 0. The van der Waals surface area contributed by atoms with Crippen molar-refractivity contribution in [1.29, 1.82) is 0 Å². The Kier molecular flexibility index (Phi) is 168. The van der Waals surface area contributed by atoms with Crippen LogP contribution in [0.4, 0.5) is 0 Å². The molecule has 0 aliphatic carbocycles. The molecule has 0 bridgehead atoms. The Bertz CT molecular complexity index is 15.5. The van der Waals surface area contributed by atoms with Gasteiger partial charge in [0.15, 0.2) is 0 Å². The van der Waals surface area contributed by atoms with Gasteiger partial charge in [0, 0.05) is 0 Å². The molecule has 0 aliphatic rings. The molecule has 0 heterocycles. The molecule has 0 rings (SSSR count). The van der Waals surface area contributed by atoms with Crippen molar-refractivity contribution in [2.75, 3.05) is 0 Å². The molecule has 0 aromatic carbocycles. The first-order chi connectivity index (χ1) is 2.00. The van der Waals surface area contributed by atoms with Crippen LogP contribution in [0.1, 0.15) is 1.43 Å². The van der Waals surface area contributed by atoms with Gasteiger partial charge in [0.2, 0.25) is 0 Å².